The summed E-state index contributed by atoms with van der Waals surface area (Å²) in [4.78, 5) is 27.4. The van der Waals surface area contributed by atoms with Crippen LogP contribution in [0.4, 0.5) is 0 Å². The van der Waals surface area contributed by atoms with E-state index in [1.54, 1.807) is 11.0 Å². The van der Waals surface area contributed by atoms with Gasteiger partial charge in [-0.3, -0.25) is 9.59 Å². The van der Waals surface area contributed by atoms with Gasteiger partial charge >= 0.3 is 0 Å². The average Bonchev–Trinajstić information content (AvgIpc) is 3.34. The van der Waals surface area contributed by atoms with Crippen molar-refractivity contribution in [2.24, 2.45) is 0 Å². The maximum absolute atomic E-state index is 13.1. The van der Waals surface area contributed by atoms with Crippen LogP contribution in [0.1, 0.15) is 59.3 Å². The van der Waals surface area contributed by atoms with Gasteiger partial charge in [0.05, 0.1) is 0 Å². The van der Waals surface area contributed by atoms with Crippen molar-refractivity contribution in [3.8, 4) is 11.3 Å². The summed E-state index contributed by atoms with van der Waals surface area (Å²) in [7, 11) is 0. The van der Waals surface area contributed by atoms with Crippen molar-refractivity contribution in [1.82, 2.24) is 15.4 Å². The first-order chi connectivity index (χ1) is 13.4. The van der Waals surface area contributed by atoms with Gasteiger partial charge in [-0.15, -0.1) is 0 Å². The van der Waals surface area contributed by atoms with Crippen LogP contribution in [0.15, 0.2) is 22.7 Å². The molecule has 1 aromatic carbocycles. The van der Waals surface area contributed by atoms with Gasteiger partial charge in [0.25, 0.3) is 5.91 Å². The Labute approximate surface area is 165 Å². The van der Waals surface area contributed by atoms with Crippen LogP contribution in [0, 0.1) is 20.8 Å². The molecule has 2 heterocycles. The fourth-order valence-corrected chi connectivity index (χ4v) is 4.18. The van der Waals surface area contributed by atoms with E-state index in [1.165, 1.54) is 5.56 Å². The maximum Gasteiger partial charge on any atom is 0.276 e. The van der Waals surface area contributed by atoms with E-state index in [4.69, 9.17) is 4.52 Å². The standard InChI is InChI=1S/C22H27N3O3/c1-13-10-14(2)20(15(3)11-13)19-12-17(24-28-19)22(27)25-9-5-4-6-18(25)21(26)23-16-7-8-16/h10-12,16,18H,4-9H2,1-3H3,(H,23,26)/t18-/m0/s1. The first-order valence-electron chi connectivity index (χ1n) is 10.1. The summed E-state index contributed by atoms with van der Waals surface area (Å²) in [5.41, 5.74) is 4.60. The number of carbonyl (C=O) groups excluding carboxylic acids is 2. The Morgan fingerprint density at radius 3 is 2.46 bits per heavy atom. The van der Waals surface area contributed by atoms with Crippen molar-refractivity contribution in [1.29, 1.82) is 0 Å². The zero-order valence-electron chi connectivity index (χ0n) is 16.7. The van der Waals surface area contributed by atoms with Gasteiger partial charge in [0.2, 0.25) is 5.91 Å². The number of aryl methyl sites for hydroxylation is 3. The highest BCUT2D eigenvalue weighted by atomic mass is 16.5. The van der Waals surface area contributed by atoms with Gasteiger partial charge in [-0.05, 0) is 64.0 Å². The van der Waals surface area contributed by atoms with Gasteiger partial charge in [-0.2, -0.15) is 0 Å². The molecular weight excluding hydrogens is 354 g/mol. The van der Waals surface area contributed by atoms with E-state index in [0.29, 0.717) is 18.7 Å². The first kappa shape index (κ1) is 18.7. The molecule has 1 saturated heterocycles. The van der Waals surface area contributed by atoms with Crippen LogP contribution in [-0.2, 0) is 4.79 Å². The van der Waals surface area contributed by atoms with Crippen molar-refractivity contribution in [2.45, 2.75) is 65.0 Å². The predicted molar refractivity (Wildman–Crippen MR) is 106 cm³/mol. The molecule has 0 radical (unpaired) electrons. The largest absolute Gasteiger partial charge is 0.355 e. The van der Waals surface area contributed by atoms with Crippen LogP contribution in [0.25, 0.3) is 11.3 Å². The third-order valence-corrected chi connectivity index (χ3v) is 5.64. The lowest BCUT2D eigenvalue weighted by Gasteiger charge is -2.34. The highest BCUT2D eigenvalue weighted by Crippen LogP contribution is 2.30. The van der Waals surface area contributed by atoms with Crippen LogP contribution in [0.5, 0.6) is 0 Å². The topological polar surface area (TPSA) is 75.4 Å². The molecule has 0 bridgehead atoms. The summed E-state index contributed by atoms with van der Waals surface area (Å²) >= 11 is 0. The molecule has 28 heavy (non-hydrogen) atoms. The van der Waals surface area contributed by atoms with Crippen LogP contribution >= 0.6 is 0 Å². The Kier molecular flexibility index (Phi) is 4.96. The Morgan fingerprint density at radius 1 is 1.07 bits per heavy atom. The number of rotatable bonds is 4. The van der Waals surface area contributed by atoms with Crippen LogP contribution < -0.4 is 5.32 Å². The summed E-state index contributed by atoms with van der Waals surface area (Å²) < 4.78 is 5.54. The lowest BCUT2D eigenvalue weighted by atomic mass is 9.97. The minimum atomic E-state index is -0.412. The number of piperidine rings is 1. The summed E-state index contributed by atoms with van der Waals surface area (Å²) in [6, 6.07) is 5.77. The lowest BCUT2D eigenvalue weighted by Crippen LogP contribution is -2.52. The van der Waals surface area contributed by atoms with E-state index in [0.717, 1.165) is 42.4 Å². The minimum Gasteiger partial charge on any atom is -0.355 e. The summed E-state index contributed by atoms with van der Waals surface area (Å²) in [6.45, 7) is 6.69. The minimum absolute atomic E-state index is 0.0375. The molecule has 1 aromatic heterocycles. The van der Waals surface area contributed by atoms with E-state index >= 15 is 0 Å². The number of nitrogens with zero attached hydrogens (tertiary/aromatic N) is 2. The number of hydrogen-bond acceptors (Lipinski definition) is 4. The highest BCUT2D eigenvalue weighted by Gasteiger charge is 2.36. The van der Waals surface area contributed by atoms with Crippen LogP contribution in [0.3, 0.4) is 0 Å². The maximum atomic E-state index is 13.1. The molecule has 2 aliphatic rings. The van der Waals surface area contributed by atoms with Gasteiger partial charge in [-0.25, -0.2) is 0 Å². The molecule has 2 fully saturated rings. The molecule has 1 N–H and O–H groups in total. The molecular formula is C22H27N3O3. The van der Waals surface area contributed by atoms with Crippen molar-refractivity contribution in [3.05, 3.63) is 40.6 Å². The predicted octanol–water partition coefficient (Wildman–Crippen LogP) is 3.54. The van der Waals surface area contributed by atoms with Gasteiger partial charge in [0.1, 0.15) is 6.04 Å². The zero-order valence-corrected chi connectivity index (χ0v) is 16.7. The smallest absolute Gasteiger partial charge is 0.276 e. The molecule has 4 rings (SSSR count). The fourth-order valence-electron chi connectivity index (χ4n) is 4.18. The first-order valence-corrected chi connectivity index (χ1v) is 10.1. The molecule has 1 atom stereocenters. The molecule has 2 aromatic rings. The molecule has 0 unspecified atom stereocenters. The molecule has 1 saturated carbocycles. The number of amides is 2. The van der Waals surface area contributed by atoms with Crippen molar-refractivity contribution in [2.75, 3.05) is 6.54 Å². The number of nitrogens with one attached hydrogen (secondary N) is 1. The molecule has 2 amide bonds. The quantitative estimate of drug-likeness (QED) is 0.879. The van der Waals surface area contributed by atoms with Gasteiger partial charge in [0.15, 0.2) is 11.5 Å². The number of benzene rings is 1. The second-order valence-corrected chi connectivity index (χ2v) is 8.14. The van der Waals surface area contributed by atoms with Crippen molar-refractivity contribution in [3.63, 3.8) is 0 Å². The van der Waals surface area contributed by atoms with Crippen molar-refractivity contribution < 1.29 is 14.1 Å². The van der Waals surface area contributed by atoms with E-state index < -0.39 is 6.04 Å². The third-order valence-electron chi connectivity index (χ3n) is 5.64. The van der Waals surface area contributed by atoms with Crippen molar-refractivity contribution >= 4 is 11.8 Å². The SMILES string of the molecule is Cc1cc(C)c(-c2cc(C(=O)N3CCCC[C@H]3C(=O)NC3CC3)no2)c(C)c1. The van der Waals surface area contributed by atoms with E-state index in [-0.39, 0.29) is 23.6 Å². The number of likely N-dealkylation sites (tertiary alicyclic amines) is 1. The number of carbonyl (C=O) groups is 2. The summed E-state index contributed by atoms with van der Waals surface area (Å²) in [5, 5.41) is 7.08. The average molecular weight is 381 g/mol. The highest BCUT2D eigenvalue weighted by molar-refractivity contribution is 5.97. The van der Waals surface area contributed by atoms with Gasteiger partial charge in [0, 0.05) is 24.2 Å². The van der Waals surface area contributed by atoms with Crippen LogP contribution in [0.2, 0.25) is 0 Å². The molecule has 6 nitrogen and oxygen atoms in total. The second-order valence-electron chi connectivity index (χ2n) is 8.14. The fraction of sp³-hybridized carbons (Fsp3) is 0.500. The Hall–Kier alpha value is -2.63. The van der Waals surface area contributed by atoms with Crippen LogP contribution in [-0.4, -0.2) is 40.5 Å². The zero-order chi connectivity index (χ0) is 19.8. The molecule has 6 heteroatoms. The number of hydrogen-bond donors (Lipinski definition) is 1. The van der Waals surface area contributed by atoms with E-state index in [1.807, 2.05) is 13.8 Å². The summed E-state index contributed by atoms with van der Waals surface area (Å²) in [5.74, 6) is 0.326. The van der Waals surface area contributed by atoms with E-state index in [9.17, 15) is 9.59 Å². The summed E-state index contributed by atoms with van der Waals surface area (Å²) in [6.07, 6.45) is 4.63. The Bertz CT molecular complexity index is 890. The molecule has 0 spiro atoms. The lowest BCUT2D eigenvalue weighted by molar-refractivity contribution is -0.126. The van der Waals surface area contributed by atoms with Gasteiger partial charge < -0.3 is 14.7 Å². The Morgan fingerprint density at radius 2 is 1.79 bits per heavy atom. The van der Waals surface area contributed by atoms with Gasteiger partial charge in [-0.1, -0.05) is 22.9 Å². The second kappa shape index (κ2) is 7.41. The van der Waals surface area contributed by atoms with E-state index in [2.05, 4.69) is 29.5 Å². The molecule has 1 aliphatic carbocycles. The normalized spacial score (nSPS) is 19.5. The molecule has 148 valence electrons. The monoisotopic (exact) mass is 381 g/mol. The Balaban J connectivity index is 1.57. The third kappa shape index (κ3) is 3.68. The number of aromatic nitrogens is 1. The molecule has 1 aliphatic heterocycles.